The number of nitrogens with one attached hydrogen (secondary N) is 1. The molecule has 1 aromatic rings. The predicted octanol–water partition coefficient (Wildman–Crippen LogP) is 2.58. The molecule has 1 amide bonds. The van der Waals surface area contributed by atoms with E-state index < -0.39 is 0 Å². The van der Waals surface area contributed by atoms with Crippen LogP contribution in [0.2, 0.25) is 10.0 Å². The van der Waals surface area contributed by atoms with Gasteiger partial charge in [-0.2, -0.15) is 0 Å². The smallest absolute Gasteiger partial charge is 0.309 e. The molecule has 0 aliphatic heterocycles. The molecule has 4 heteroatoms. The summed E-state index contributed by atoms with van der Waals surface area (Å²) in [7, 11) is 0. The number of carbonyl (C=O) groups excluding carboxylic acids is 1. The summed E-state index contributed by atoms with van der Waals surface area (Å²) in [4.78, 5) is 10.1. The molecule has 0 aromatic heterocycles. The molecule has 1 radical (unpaired) electrons. The Morgan fingerprint density at radius 1 is 1.36 bits per heavy atom. The first kappa shape index (κ1) is 11.3. The van der Waals surface area contributed by atoms with Crippen LogP contribution in [0.5, 0.6) is 0 Å². The van der Waals surface area contributed by atoms with Crippen molar-refractivity contribution in [1.82, 2.24) is 5.32 Å². The summed E-state index contributed by atoms with van der Waals surface area (Å²) in [5, 5.41) is 3.75. The minimum absolute atomic E-state index is 0.0297. The lowest BCUT2D eigenvalue weighted by molar-refractivity contribution is 0.524. The highest BCUT2D eigenvalue weighted by atomic mass is 35.5. The van der Waals surface area contributed by atoms with Crippen LogP contribution in [0, 0.1) is 0 Å². The fraction of sp³-hybridized carbons (Fsp3) is 0.300. The van der Waals surface area contributed by atoms with E-state index in [1.807, 2.05) is 19.1 Å². The zero-order valence-corrected chi connectivity index (χ0v) is 9.19. The van der Waals surface area contributed by atoms with Crippen LogP contribution >= 0.6 is 23.2 Å². The highest BCUT2D eigenvalue weighted by Crippen LogP contribution is 2.19. The predicted molar refractivity (Wildman–Crippen MR) is 58.5 cm³/mol. The van der Waals surface area contributed by atoms with Gasteiger partial charge in [0.15, 0.2) is 0 Å². The summed E-state index contributed by atoms with van der Waals surface area (Å²) in [6, 6.07) is 5.37. The minimum Gasteiger partial charge on any atom is -0.345 e. The summed E-state index contributed by atoms with van der Waals surface area (Å²) in [5.74, 6) is 0. The van der Waals surface area contributed by atoms with Crippen molar-refractivity contribution >= 4 is 29.6 Å². The van der Waals surface area contributed by atoms with Gasteiger partial charge in [0.1, 0.15) is 0 Å². The number of hydrogen-bond acceptors (Lipinski definition) is 1. The van der Waals surface area contributed by atoms with Crippen LogP contribution in [0.3, 0.4) is 0 Å². The van der Waals surface area contributed by atoms with Crippen LogP contribution in [-0.2, 0) is 11.2 Å². The lowest BCUT2D eigenvalue weighted by Crippen LogP contribution is -2.26. The molecule has 0 heterocycles. The summed E-state index contributed by atoms with van der Waals surface area (Å²) in [6.07, 6.45) is 2.34. The Morgan fingerprint density at radius 3 is 2.43 bits per heavy atom. The van der Waals surface area contributed by atoms with E-state index in [0.29, 0.717) is 16.5 Å². The van der Waals surface area contributed by atoms with Crippen LogP contribution < -0.4 is 5.32 Å². The first-order valence-electron chi connectivity index (χ1n) is 4.19. The third kappa shape index (κ3) is 3.56. The average Bonchev–Trinajstić information content (AvgIpc) is 2.01. The second-order valence-electron chi connectivity index (χ2n) is 3.13. The van der Waals surface area contributed by atoms with Gasteiger partial charge in [0.2, 0.25) is 0 Å². The Balaban J connectivity index is 2.71. The molecule has 1 rings (SSSR count). The van der Waals surface area contributed by atoms with Crippen molar-refractivity contribution in [3.63, 3.8) is 0 Å². The zero-order valence-electron chi connectivity index (χ0n) is 7.68. The Labute approximate surface area is 93.2 Å². The fourth-order valence-corrected chi connectivity index (χ4v) is 1.81. The molecule has 0 aliphatic rings. The second kappa shape index (κ2) is 5.23. The van der Waals surface area contributed by atoms with E-state index in [1.54, 1.807) is 12.5 Å². The van der Waals surface area contributed by atoms with E-state index >= 15 is 0 Å². The van der Waals surface area contributed by atoms with Gasteiger partial charge in [0.05, 0.1) is 0 Å². The molecule has 1 unspecified atom stereocenters. The first-order chi connectivity index (χ1) is 6.61. The molecule has 0 spiro atoms. The lowest BCUT2D eigenvalue weighted by atomic mass is 10.1. The second-order valence-corrected chi connectivity index (χ2v) is 4.00. The van der Waals surface area contributed by atoms with E-state index in [0.717, 1.165) is 5.56 Å². The van der Waals surface area contributed by atoms with E-state index in [4.69, 9.17) is 23.2 Å². The van der Waals surface area contributed by atoms with Crippen molar-refractivity contribution in [3.8, 4) is 0 Å². The average molecular weight is 231 g/mol. The maximum atomic E-state index is 10.1. The Morgan fingerprint density at radius 2 is 1.93 bits per heavy atom. The maximum absolute atomic E-state index is 10.1. The van der Waals surface area contributed by atoms with E-state index in [1.165, 1.54) is 0 Å². The molecule has 1 atom stereocenters. The van der Waals surface area contributed by atoms with Crippen LogP contribution in [0.25, 0.3) is 0 Å². The molecule has 0 saturated carbocycles. The topological polar surface area (TPSA) is 29.1 Å². The minimum atomic E-state index is 0.0297. The maximum Gasteiger partial charge on any atom is 0.309 e. The van der Waals surface area contributed by atoms with Crippen LogP contribution in [-0.4, -0.2) is 12.5 Å². The molecule has 0 bridgehead atoms. The van der Waals surface area contributed by atoms with Gasteiger partial charge in [-0.15, -0.1) is 0 Å². The highest BCUT2D eigenvalue weighted by Gasteiger charge is 2.04. The van der Waals surface area contributed by atoms with Gasteiger partial charge in [0, 0.05) is 16.1 Å². The fourth-order valence-electron chi connectivity index (χ4n) is 1.23. The monoisotopic (exact) mass is 230 g/mol. The number of halogens is 2. The van der Waals surface area contributed by atoms with Crippen LogP contribution in [0.15, 0.2) is 18.2 Å². The van der Waals surface area contributed by atoms with Crippen molar-refractivity contribution in [2.45, 2.75) is 19.4 Å². The van der Waals surface area contributed by atoms with Gasteiger partial charge in [-0.3, -0.25) is 4.79 Å². The zero-order chi connectivity index (χ0) is 10.6. The summed E-state index contributed by atoms with van der Waals surface area (Å²) >= 11 is 11.7. The van der Waals surface area contributed by atoms with E-state index in [9.17, 15) is 4.79 Å². The lowest BCUT2D eigenvalue weighted by Gasteiger charge is -2.09. The Hall–Kier alpha value is -0.730. The van der Waals surface area contributed by atoms with Gasteiger partial charge in [-0.1, -0.05) is 23.2 Å². The summed E-state index contributed by atoms with van der Waals surface area (Å²) in [5.41, 5.74) is 0.998. The third-order valence-corrected chi connectivity index (χ3v) is 2.21. The molecule has 0 fully saturated rings. The van der Waals surface area contributed by atoms with Gasteiger partial charge in [-0.05, 0) is 37.1 Å². The van der Waals surface area contributed by atoms with Gasteiger partial charge >= 0.3 is 6.41 Å². The Kier molecular flexibility index (Phi) is 4.23. The Bertz CT molecular complexity index is 308. The molecule has 1 N–H and O–H groups in total. The number of benzene rings is 1. The van der Waals surface area contributed by atoms with Gasteiger partial charge in [-0.25, -0.2) is 0 Å². The van der Waals surface area contributed by atoms with Gasteiger partial charge < -0.3 is 5.32 Å². The van der Waals surface area contributed by atoms with Crippen molar-refractivity contribution < 1.29 is 4.79 Å². The van der Waals surface area contributed by atoms with Crippen LogP contribution in [0.1, 0.15) is 12.5 Å². The van der Waals surface area contributed by atoms with Crippen molar-refractivity contribution in [1.29, 1.82) is 0 Å². The van der Waals surface area contributed by atoms with Crippen molar-refractivity contribution in [3.05, 3.63) is 33.8 Å². The molecule has 2 nitrogen and oxygen atoms in total. The molecule has 0 aliphatic carbocycles. The van der Waals surface area contributed by atoms with Crippen molar-refractivity contribution in [2.75, 3.05) is 0 Å². The molecule has 1 aromatic carbocycles. The molecule has 75 valence electrons. The molecular formula is C10H10Cl2NO. The number of amides is 1. The largest absolute Gasteiger partial charge is 0.345 e. The SMILES string of the molecule is CC(Cc1cc(Cl)cc(Cl)c1)N[C]=O. The normalized spacial score (nSPS) is 12.2. The van der Waals surface area contributed by atoms with Crippen LogP contribution in [0.4, 0.5) is 0 Å². The molecule has 0 saturated heterocycles. The number of rotatable bonds is 4. The highest BCUT2D eigenvalue weighted by molar-refractivity contribution is 6.34. The standard InChI is InChI=1S/C10H10Cl2NO/c1-7(13-6-14)2-8-3-9(11)5-10(12)4-8/h3-5,7H,2H2,1H3,(H,13,14). The summed E-state index contributed by atoms with van der Waals surface area (Å²) in [6.45, 7) is 1.89. The van der Waals surface area contributed by atoms with E-state index in [2.05, 4.69) is 5.32 Å². The molecule has 14 heavy (non-hydrogen) atoms. The molecular weight excluding hydrogens is 221 g/mol. The summed E-state index contributed by atoms with van der Waals surface area (Å²) < 4.78 is 0. The van der Waals surface area contributed by atoms with Crippen molar-refractivity contribution in [2.24, 2.45) is 0 Å². The third-order valence-electron chi connectivity index (χ3n) is 1.77. The van der Waals surface area contributed by atoms with Gasteiger partial charge in [0.25, 0.3) is 0 Å². The quantitative estimate of drug-likeness (QED) is 0.792. The first-order valence-corrected chi connectivity index (χ1v) is 4.95. The van der Waals surface area contributed by atoms with E-state index in [-0.39, 0.29) is 6.04 Å². The number of hydrogen-bond donors (Lipinski definition) is 1.